The highest BCUT2D eigenvalue weighted by atomic mass is 16.5. The molecule has 2 amide bonds. The zero-order valence-corrected chi connectivity index (χ0v) is 15.6. The molecule has 0 unspecified atom stereocenters. The molecule has 2 N–H and O–H groups in total. The topological polar surface area (TPSA) is 70.7 Å². The molecule has 0 aromatic heterocycles. The van der Waals surface area contributed by atoms with Crippen LogP contribution >= 0.6 is 0 Å². The Morgan fingerprint density at radius 2 is 1.58 bits per heavy atom. The van der Waals surface area contributed by atoms with Gasteiger partial charge >= 0.3 is 0 Å². The van der Waals surface area contributed by atoms with Crippen LogP contribution in [-0.2, 0) is 9.59 Å². The fourth-order valence-electron chi connectivity index (χ4n) is 2.26. The Bertz CT molecular complexity index is 740. The molecule has 0 fully saturated rings. The molecular weight excluding hydrogens is 330 g/mol. The Morgan fingerprint density at radius 3 is 2.12 bits per heavy atom. The standard InChI is InChI=1S/C20H25N3O3/c1-14(2)26-19-11-7-17(8-12-19)22-20(25)13-21-16-5-9-18(10-6-16)23(4)15(3)24/h5-12,14,21H,13H2,1-4H3,(H,22,25). The van der Waals surface area contributed by atoms with Crippen molar-refractivity contribution in [3.05, 3.63) is 48.5 Å². The third kappa shape index (κ3) is 5.81. The number of hydrogen-bond acceptors (Lipinski definition) is 4. The molecule has 0 atom stereocenters. The summed E-state index contributed by atoms with van der Waals surface area (Å²) >= 11 is 0. The van der Waals surface area contributed by atoms with Crippen LogP contribution in [0.2, 0.25) is 0 Å². The lowest BCUT2D eigenvalue weighted by Crippen LogP contribution is -2.23. The third-order valence-electron chi connectivity index (χ3n) is 3.69. The summed E-state index contributed by atoms with van der Waals surface area (Å²) in [5.74, 6) is 0.592. The molecule has 26 heavy (non-hydrogen) atoms. The van der Waals surface area contributed by atoms with Crippen molar-refractivity contribution in [3.63, 3.8) is 0 Å². The Morgan fingerprint density at radius 1 is 1.00 bits per heavy atom. The van der Waals surface area contributed by atoms with Gasteiger partial charge in [-0.2, -0.15) is 0 Å². The van der Waals surface area contributed by atoms with Crippen LogP contribution in [0.1, 0.15) is 20.8 Å². The first-order valence-corrected chi connectivity index (χ1v) is 8.50. The SMILES string of the molecule is CC(=O)N(C)c1ccc(NCC(=O)Nc2ccc(OC(C)C)cc2)cc1. The van der Waals surface area contributed by atoms with Crippen molar-refractivity contribution in [3.8, 4) is 5.75 Å². The fourth-order valence-corrected chi connectivity index (χ4v) is 2.26. The molecule has 0 bridgehead atoms. The number of ether oxygens (including phenoxy) is 1. The molecule has 0 heterocycles. The van der Waals surface area contributed by atoms with Crippen molar-refractivity contribution < 1.29 is 14.3 Å². The molecule has 0 aliphatic heterocycles. The molecule has 0 saturated carbocycles. The first kappa shape index (κ1) is 19.3. The molecule has 0 saturated heterocycles. The molecule has 0 radical (unpaired) electrons. The number of nitrogens with zero attached hydrogens (tertiary/aromatic N) is 1. The lowest BCUT2D eigenvalue weighted by Gasteiger charge is -2.15. The predicted octanol–water partition coefficient (Wildman–Crippen LogP) is 3.51. The van der Waals surface area contributed by atoms with Gasteiger partial charge in [-0.05, 0) is 62.4 Å². The molecule has 0 aliphatic rings. The number of benzene rings is 2. The first-order chi connectivity index (χ1) is 12.3. The predicted molar refractivity (Wildman–Crippen MR) is 105 cm³/mol. The largest absolute Gasteiger partial charge is 0.491 e. The van der Waals surface area contributed by atoms with Crippen molar-refractivity contribution in [2.75, 3.05) is 29.1 Å². The van der Waals surface area contributed by atoms with E-state index in [4.69, 9.17) is 4.74 Å². The van der Waals surface area contributed by atoms with Crippen LogP contribution in [-0.4, -0.2) is 31.5 Å². The monoisotopic (exact) mass is 355 g/mol. The molecule has 6 nitrogen and oxygen atoms in total. The Hall–Kier alpha value is -3.02. The second kappa shape index (κ2) is 8.89. The van der Waals surface area contributed by atoms with Gasteiger partial charge in [-0.25, -0.2) is 0 Å². The minimum atomic E-state index is -0.146. The van der Waals surface area contributed by atoms with Gasteiger partial charge in [0.2, 0.25) is 11.8 Å². The van der Waals surface area contributed by atoms with Gasteiger partial charge in [0.1, 0.15) is 5.75 Å². The summed E-state index contributed by atoms with van der Waals surface area (Å²) in [5.41, 5.74) is 2.32. The first-order valence-electron chi connectivity index (χ1n) is 8.50. The minimum Gasteiger partial charge on any atom is -0.491 e. The summed E-state index contributed by atoms with van der Waals surface area (Å²) in [7, 11) is 1.72. The highest BCUT2D eigenvalue weighted by molar-refractivity contribution is 5.94. The van der Waals surface area contributed by atoms with Crippen molar-refractivity contribution in [1.82, 2.24) is 0 Å². The second-order valence-corrected chi connectivity index (χ2v) is 6.22. The number of carbonyl (C=O) groups excluding carboxylic acids is 2. The second-order valence-electron chi connectivity index (χ2n) is 6.22. The van der Waals surface area contributed by atoms with E-state index >= 15 is 0 Å². The van der Waals surface area contributed by atoms with Crippen molar-refractivity contribution in [2.24, 2.45) is 0 Å². The molecule has 2 aromatic rings. The van der Waals surface area contributed by atoms with Crippen LogP contribution in [0.15, 0.2) is 48.5 Å². The summed E-state index contributed by atoms with van der Waals surface area (Å²) in [4.78, 5) is 25.0. The van der Waals surface area contributed by atoms with E-state index in [1.165, 1.54) is 6.92 Å². The molecular formula is C20H25N3O3. The van der Waals surface area contributed by atoms with E-state index in [1.807, 2.05) is 62.4 Å². The van der Waals surface area contributed by atoms with E-state index in [0.29, 0.717) is 5.69 Å². The zero-order chi connectivity index (χ0) is 19.1. The van der Waals surface area contributed by atoms with Gasteiger partial charge in [0.15, 0.2) is 0 Å². The summed E-state index contributed by atoms with van der Waals surface area (Å²) in [5, 5.41) is 5.88. The summed E-state index contributed by atoms with van der Waals surface area (Å²) in [6.07, 6.45) is 0.112. The van der Waals surface area contributed by atoms with E-state index in [0.717, 1.165) is 17.1 Å². The molecule has 138 valence electrons. The van der Waals surface area contributed by atoms with Crippen LogP contribution in [0.5, 0.6) is 5.75 Å². The van der Waals surface area contributed by atoms with Crippen LogP contribution in [0.3, 0.4) is 0 Å². The maximum absolute atomic E-state index is 12.1. The quantitative estimate of drug-likeness (QED) is 0.797. The van der Waals surface area contributed by atoms with Gasteiger partial charge in [0.05, 0.1) is 12.6 Å². The van der Waals surface area contributed by atoms with Crippen molar-refractivity contribution in [2.45, 2.75) is 26.9 Å². The lowest BCUT2D eigenvalue weighted by atomic mass is 10.2. The average Bonchev–Trinajstić information content (AvgIpc) is 2.61. The van der Waals surface area contributed by atoms with Gasteiger partial charge in [0, 0.05) is 31.0 Å². The molecule has 0 spiro atoms. The number of hydrogen-bond donors (Lipinski definition) is 2. The van der Waals surface area contributed by atoms with E-state index in [-0.39, 0.29) is 24.5 Å². The van der Waals surface area contributed by atoms with E-state index in [1.54, 1.807) is 11.9 Å². The third-order valence-corrected chi connectivity index (χ3v) is 3.69. The zero-order valence-electron chi connectivity index (χ0n) is 15.6. The average molecular weight is 355 g/mol. The Balaban J connectivity index is 1.84. The Kier molecular flexibility index (Phi) is 6.60. The minimum absolute atomic E-state index is 0.0325. The van der Waals surface area contributed by atoms with Gasteiger partial charge in [-0.15, -0.1) is 0 Å². The molecule has 6 heteroatoms. The number of anilines is 3. The molecule has 2 rings (SSSR count). The van der Waals surface area contributed by atoms with Crippen LogP contribution in [0.4, 0.5) is 17.1 Å². The van der Waals surface area contributed by atoms with Gasteiger partial charge in [-0.1, -0.05) is 0 Å². The fraction of sp³-hybridized carbons (Fsp3) is 0.300. The maximum Gasteiger partial charge on any atom is 0.243 e. The van der Waals surface area contributed by atoms with Gasteiger partial charge in [0.25, 0.3) is 0 Å². The molecule has 0 aliphatic carbocycles. The van der Waals surface area contributed by atoms with Crippen molar-refractivity contribution in [1.29, 1.82) is 0 Å². The van der Waals surface area contributed by atoms with E-state index in [2.05, 4.69) is 10.6 Å². The maximum atomic E-state index is 12.1. The van der Waals surface area contributed by atoms with Crippen LogP contribution in [0, 0.1) is 0 Å². The smallest absolute Gasteiger partial charge is 0.243 e. The number of carbonyl (C=O) groups is 2. The normalized spacial score (nSPS) is 10.3. The van der Waals surface area contributed by atoms with Gasteiger partial charge < -0.3 is 20.3 Å². The number of amides is 2. The number of rotatable bonds is 7. The van der Waals surface area contributed by atoms with E-state index < -0.39 is 0 Å². The van der Waals surface area contributed by atoms with E-state index in [9.17, 15) is 9.59 Å². The summed E-state index contributed by atoms with van der Waals surface area (Å²) < 4.78 is 5.57. The van der Waals surface area contributed by atoms with Gasteiger partial charge in [-0.3, -0.25) is 9.59 Å². The highest BCUT2D eigenvalue weighted by Crippen LogP contribution is 2.18. The summed E-state index contributed by atoms with van der Waals surface area (Å²) in [6, 6.07) is 14.6. The Labute approximate surface area is 154 Å². The van der Waals surface area contributed by atoms with Crippen molar-refractivity contribution >= 4 is 28.9 Å². The van der Waals surface area contributed by atoms with Crippen LogP contribution < -0.4 is 20.3 Å². The number of nitrogens with one attached hydrogen (secondary N) is 2. The highest BCUT2D eigenvalue weighted by Gasteiger charge is 2.06. The summed E-state index contributed by atoms with van der Waals surface area (Å²) in [6.45, 7) is 5.59. The lowest BCUT2D eigenvalue weighted by molar-refractivity contribution is -0.116. The van der Waals surface area contributed by atoms with Crippen LogP contribution in [0.25, 0.3) is 0 Å². The molecule has 2 aromatic carbocycles.